The molecule has 1 saturated heterocycles. The van der Waals surface area contributed by atoms with Crippen LogP contribution in [-0.4, -0.2) is 34.8 Å². The van der Waals surface area contributed by atoms with Gasteiger partial charge in [0.2, 0.25) is 0 Å². The molecule has 118 valence electrons. The number of rotatable bonds is 3. The molecule has 5 heteroatoms. The van der Waals surface area contributed by atoms with Crippen LogP contribution in [0.15, 0.2) is 48.7 Å². The second kappa shape index (κ2) is 6.32. The third-order valence-electron chi connectivity index (χ3n) is 4.28. The molecule has 0 bridgehead atoms. The van der Waals surface area contributed by atoms with Crippen LogP contribution in [0.3, 0.4) is 0 Å². The second-order valence-corrected chi connectivity index (χ2v) is 6.38. The van der Waals surface area contributed by atoms with Gasteiger partial charge < -0.3 is 4.74 Å². The van der Waals surface area contributed by atoms with E-state index in [0.717, 1.165) is 47.7 Å². The van der Waals surface area contributed by atoms with Crippen LogP contribution in [0.5, 0.6) is 0 Å². The maximum absolute atomic E-state index is 6.10. The zero-order chi connectivity index (χ0) is 15.6. The first-order valence-electron chi connectivity index (χ1n) is 7.79. The van der Waals surface area contributed by atoms with Crippen LogP contribution in [-0.2, 0) is 11.3 Å². The Hall–Kier alpha value is -1.88. The fraction of sp³-hybridized carbons (Fsp3) is 0.278. The number of hydrogen-bond donors (Lipinski definition) is 1. The number of nitrogens with one attached hydrogen (secondary N) is 1. The lowest BCUT2D eigenvalue weighted by Gasteiger charge is -2.33. The van der Waals surface area contributed by atoms with Crippen molar-refractivity contribution in [1.82, 2.24) is 15.1 Å². The standard InChI is InChI=1S/C18H18ClN3O/c19-16-3-1-2-14(9-16)18-12-22(6-7-23-18)11-13-4-5-15-10-20-21-17(15)8-13/h1-5,8-10,18H,6-7,11-12H2,(H,20,21). The topological polar surface area (TPSA) is 41.2 Å². The number of H-pyrrole nitrogens is 1. The number of morpholine rings is 1. The van der Waals surface area contributed by atoms with Crippen LogP contribution >= 0.6 is 11.6 Å². The molecule has 4 nitrogen and oxygen atoms in total. The van der Waals surface area contributed by atoms with E-state index in [-0.39, 0.29) is 6.10 Å². The second-order valence-electron chi connectivity index (χ2n) is 5.94. The van der Waals surface area contributed by atoms with Crippen LogP contribution in [0.1, 0.15) is 17.2 Å². The molecule has 1 N–H and O–H groups in total. The number of fused-ring (bicyclic) bond motifs is 1. The highest BCUT2D eigenvalue weighted by atomic mass is 35.5. The summed E-state index contributed by atoms with van der Waals surface area (Å²) in [7, 11) is 0. The smallest absolute Gasteiger partial charge is 0.0953 e. The van der Waals surface area contributed by atoms with Crippen molar-refractivity contribution < 1.29 is 4.74 Å². The van der Waals surface area contributed by atoms with Crippen molar-refractivity contribution >= 4 is 22.5 Å². The van der Waals surface area contributed by atoms with E-state index in [2.05, 4.69) is 39.4 Å². The molecule has 0 amide bonds. The molecule has 0 radical (unpaired) electrons. The van der Waals surface area contributed by atoms with E-state index in [1.165, 1.54) is 5.56 Å². The number of ether oxygens (including phenoxy) is 1. The predicted octanol–water partition coefficient (Wildman–Crippen LogP) is 3.79. The molecule has 0 spiro atoms. The van der Waals surface area contributed by atoms with Gasteiger partial charge in [-0.2, -0.15) is 5.10 Å². The first-order chi connectivity index (χ1) is 11.3. The third-order valence-corrected chi connectivity index (χ3v) is 4.52. The van der Waals surface area contributed by atoms with Crippen molar-refractivity contribution in [3.8, 4) is 0 Å². The fourth-order valence-electron chi connectivity index (χ4n) is 3.10. The Balaban J connectivity index is 1.48. The van der Waals surface area contributed by atoms with Crippen LogP contribution in [0, 0.1) is 0 Å². The summed E-state index contributed by atoms with van der Waals surface area (Å²) in [6.07, 6.45) is 1.93. The van der Waals surface area contributed by atoms with Gasteiger partial charge in [0.1, 0.15) is 0 Å². The van der Waals surface area contributed by atoms with Crippen molar-refractivity contribution in [3.63, 3.8) is 0 Å². The fourth-order valence-corrected chi connectivity index (χ4v) is 3.29. The lowest BCUT2D eigenvalue weighted by Crippen LogP contribution is -2.37. The van der Waals surface area contributed by atoms with Gasteiger partial charge in [0, 0.05) is 30.0 Å². The number of nitrogens with zero attached hydrogens (tertiary/aromatic N) is 2. The molecule has 2 heterocycles. The summed E-state index contributed by atoms with van der Waals surface area (Å²) >= 11 is 6.10. The van der Waals surface area contributed by atoms with Gasteiger partial charge in [-0.3, -0.25) is 10.00 Å². The lowest BCUT2D eigenvalue weighted by atomic mass is 10.1. The summed E-state index contributed by atoms with van der Waals surface area (Å²) in [5.74, 6) is 0. The van der Waals surface area contributed by atoms with E-state index in [1.807, 2.05) is 24.4 Å². The van der Waals surface area contributed by atoms with Gasteiger partial charge in [0.15, 0.2) is 0 Å². The molecule has 1 aliphatic heterocycles. The zero-order valence-electron chi connectivity index (χ0n) is 12.7. The average Bonchev–Trinajstić information content (AvgIpc) is 3.03. The molecule has 1 fully saturated rings. The minimum atomic E-state index is 0.0818. The summed E-state index contributed by atoms with van der Waals surface area (Å²) in [5, 5.41) is 9.01. The summed E-state index contributed by atoms with van der Waals surface area (Å²) in [6, 6.07) is 14.4. The lowest BCUT2D eigenvalue weighted by molar-refractivity contribution is -0.0329. The normalized spacial score (nSPS) is 19.3. The first kappa shape index (κ1) is 14.7. The van der Waals surface area contributed by atoms with E-state index >= 15 is 0 Å². The van der Waals surface area contributed by atoms with Gasteiger partial charge >= 0.3 is 0 Å². The molecule has 0 saturated carbocycles. The molecule has 1 aromatic heterocycles. The van der Waals surface area contributed by atoms with Crippen molar-refractivity contribution in [2.24, 2.45) is 0 Å². The van der Waals surface area contributed by atoms with Gasteiger partial charge in [-0.15, -0.1) is 0 Å². The Morgan fingerprint density at radius 1 is 1.26 bits per heavy atom. The molecule has 1 atom stereocenters. The van der Waals surface area contributed by atoms with E-state index in [4.69, 9.17) is 16.3 Å². The monoisotopic (exact) mass is 327 g/mol. The largest absolute Gasteiger partial charge is 0.371 e. The van der Waals surface area contributed by atoms with Crippen molar-refractivity contribution in [3.05, 3.63) is 64.8 Å². The average molecular weight is 328 g/mol. The van der Waals surface area contributed by atoms with E-state index in [1.54, 1.807) is 0 Å². The zero-order valence-corrected chi connectivity index (χ0v) is 13.5. The number of hydrogen-bond acceptors (Lipinski definition) is 3. The Labute approximate surface area is 140 Å². The van der Waals surface area contributed by atoms with Gasteiger partial charge in [0.25, 0.3) is 0 Å². The van der Waals surface area contributed by atoms with Crippen molar-refractivity contribution in [2.75, 3.05) is 19.7 Å². The summed E-state index contributed by atoms with van der Waals surface area (Å²) < 4.78 is 5.93. The highest BCUT2D eigenvalue weighted by Gasteiger charge is 2.22. The number of aromatic nitrogens is 2. The summed E-state index contributed by atoms with van der Waals surface area (Å²) in [4.78, 5) is 2.42. The minimum absolute atomic E-state index is 0.0818. The molecule has 23 heavy (non-hydrogen) atoms. The highest BCUT2D eigenvalue weighted by Crippen LogP contribution is 2.25. The number of aromatic amines is 1. The molecule has 1 aliphatic rings. The Kier molecular flexibility index (Phi) is 4.04. The van der Waals surface area contributed by atoms with Crippen LogP contribution < -0.4 is 0 Å². The quantitative estimate of drug-likeness (QED) is 0.795. The molecular weight excluding hydrogens is 310 g/mol. The van der Waals surface area contributed by atoms with Gasteiger partial charge in [-0.25, -0.2) is 0 Å². The van der Waals surface area contributed by atoms with Gasteiger partial charge in [-0.1, -0.05) is 35.9 Å². The number of halogens is 1. The van der Waals surface area contributed by atoms with Crippen molar-refractivity contribution in [2.45, 2.75) is 12.6 Å². The van der Waals surface area contributed by atoms with E-state index in [0.29, 0.717) is 0 Å². The Morgan fingerprint density at radius 3 is 3.13 bits per heavy atom. The SMILES string of the molecule is Clc1cccc(C2CN(Cc3ccc4cn[nH]c4c3)CCO2)c1. The molecule has 2 aromatic carbocycles. The van der Waals surface area contributed by atoms with Crippen LogP contribution in [0.25, 0.3) is 10.9 Å². The van der Waals surface area contributed by atoms with E-state index < -0.39 is 0 Å². The first-order valence-corrected chi connectivity index (χ1v) is 8.17. The Bertz CT molecular complexity index is 817. The molecule has 0 aliphatic carbocycles. The number of benzene rings is 2. The van der Waals surface area contributed by atoms with Crippen LogP contribution in [0.2, 0.25) is 5.02 Å². The van der Waals surface area contributed by atoms with E-state index in [9.17, 15) is 0 Å². The molecule has 3 aromatic rings. The maximum atomic E-state index is 6.10. The molecular formula is C18H18ClN3O. The van der Waals surface area contributed by atoms with Gasteiger partial charge in [0.05, 0.1) is 24.4 Å². The van der Waals surface area contributed by atoms with Crippen LogP contribution in [0.4, 0.5) is 0 Å². The maximum Gasteiger partial charge on any atom is 0.0953 e. The van der Waals surface area contributed by atoms with Crippen molar-refractivity contribution in [1.29, 1.82) is 0 Å². The van der Waals surface area contributed by atoms with Gasteiger partial charge in [-0.05, 0) is 29.3 Å². The highest BCUT2D eigenvalue weighted by molar-refractivity contribution is 6.30. The molecule has 1 unspecified atom stereocenters. The summed E-state index contributed by atoms with van der Waals surface area (Å²) in [5.41, 5.74) is 3.52. The summed E-state index contributed by atoms with van der Waals surface area (Å²) in [6.45, 7) is 3.47. The minimum Gasteiger partial charge on any atom is -0.371 e. The molecule has 4 rings (SSSR count). The predicted molar refractivity (Wildman–Crippen MR) is 91.5 cm³/mol. The third kappa shape index (κ3) is 3.24. The Morgan fingerprint density at radius 2 is 2.22 bits per heavy atom.